The van der Waals surface area contributed by atoms with E-state index in [9.17, 15) is 17.6 Å². The monoisotopic (exact) mass is 510 g/mol. The molecule has 0 radical (unpaired) electrons. The van der Waals surface area contributed by atoms with Gasteiger partial charge in [-0.3, -0.25) is 4.68 Å². The first-order valence-electron chi connectivity index (χ1n) is 9.91. The van der Waals surface area contributed by atoms with E-state index in [2.05, 4.69) is 14.6 Å². The molecule has 0 atom stereocenters. The largest absolute Gasteiger partial charge is 0.435 e. The second kappa shape index (κ2) is 10.4. The van der Waals surface area contributed by atoms with Gasteiger partial charge in [0.1, 0.15) is 17.2 Å². The Bertz CT molecular complexity index is 1260. The van der Waals surface area contributed by atoms with Crippen LogP contribution in [0.5, 0.6) is 11.5 Å². The van der Waals surface area contributed by atoms with Gasteiger partial charge in [-0.25, -0.2) is 0 Å². The van der Waals surface area contributed by atoms with Crippen molar-refractivity contribution in [1.29, 1.82) is 0 Å². The minimum Gasteiger partial charge on any atom is -0.435 e. The number of hydrogen-bond donors (Lipinski definition) is 0. The molecule has 0 saturated heterocycles. The summed E-state index contributed by atoms with van der Waals surface area (Å²) < 4.78 is 60.4. The Balaban J connectivity index is 1.76. The van der Waals surface area contributed by atoms with Gasteiger partial charge in [0.25, 0.3) is 0 Å². The maximum atomic E-state index is 12.5. The van der Waals surface area contributed by atoms with Gasteiger partial charge in [0.2, 0.25) is 0 Å². The van der Waals surface area contributed by atoms with E-state index in [0.29, 0.717) is 39.1 Å². The normalized spacial score (nSPS) is 11.3. The van der Waals surface area contributed by atoms with Crippen molar-refractivity contribution in [3.05, 3.63) is 88.4 Å². The lowest BCUT2D eigenvalue weighted by Crippen LogP contribution is -2.04. The van der Waals surface area contributed by atoms with Crippen LogP contribution in [0.1, 0.15) is 5.56 Å². The van der Waals surface area contributed by atoms with E-state index < -0.39 is 13.2 Å². The number of hydrogen-bond acceptors (Lipinski definition) is 3. The van der Waals surface area contributed by atoms with Crippen LogP contribution in [0.2, 0.25) is 10.0 Å². The van der Waals surface area contributed by atoms with Gasteiger partial charge in [0, 0.05) is 16.1 Å². The molecule has 3 aromatic carbocycles. The molecule has 176 valence electrons. The van der Waals surface area contributed by atoms with E-state index in [1.54, 1.807) is 41.1 Å². The number of rotatable bonds is 8. The smallest absolute Gasteiger partial charge is 0.387 e. The summed E-state index contributed by atoms with van der Waals surface area (Å²) in [6.07, 6.45) is 0. The first-order valence-corrected chi connectivity index (χ1v) is 10.7. The van der Waals surface area contributed by atoms with Crippen molar-refractivity contribution >= 4 is 23.2 Å². The fraction of sp³-hybridized carbons (Fsp3) is 0.125. The summed E-state index contributed by atoms with van der Waals surface area (Å²) in [5, 5.41) is 5.50. The van der Waals surface area contributed by atoms with Gasteiger partial charge < -0.3 is 9.47 Å². The highest BCUT2D eigenvalue weighted by atomic mass is 35.5. The van der Waals surface area contributed by atoms with Crippen molar-refractivity contribution in [1.82, 2.24) is 9.78 Å². The zero-order chi connectivity index (χ0) is 24.2. The number of benzene rings is 3. The molecule has 0 aliphatic heterocycles. The van der Waals surface area contributed by atoms with Crippen LogP contribution in [0, 0.1) is 0 Å². The van der Waals surface area contributed by atoms with Crippen LogP contribution in [-0.4, -0.2) is 23.0 Å². The fourth-order valence-electron chi connectivity index (χ4n) is 3.41. The molecular formula is C24H16Cl2F4N2O2. The summed E-state index contributed by atoms with van der Waals surface area (Å²) in [4.78, 5) is 0. The summed E-state index contributed by atoms with van der Waals surface area (Å²) in [5.41, 5.74) is 3.00. The third-order valence-electron chi connectivity index (χ3n) is 4.82. The van der Waals surface area contributed by atoms with Gasteiger partial charge in [-0.05, 0) is 66.2 Å². The third kappa shape index (κ3) is 5.63. The molecule has 0 unspecified atom stereocenters. The van der Waals surface area contributed by atoms with E-state index in [0.717, 1.165) is 5.56 Å². The van der Waals surface area contributed by atoms with E-state index in [-0.39, 0.29) is 11.5 Å². The Morgan fingerprint density at radius 1 is 0.765 bits per heavy atom. The quantitative estimate of drug-likeness (QED) is 0.227. The molecule has 4 rings (SSSR count). The van der Waals surface area contributed by atoms with Crippen molar-refractivity contribution in [3.8, 4) is 34.0 Å². The summed E-state index contributed by atoms with van der Waals surface area (Å²) in [6, 6.07) is 19.1. The molecule has 10 heteroatoms. The third-order valence-corrected chi connectivity index (χ3v) is 5.41. The topological polar surface area (TPSA) is 36.3 Å². The molecule has 0 aliphatic rings. The SMILES string of the molecule is FC(F)Oc1ccc(-c2nn(Cc3cccc(Cl)c3)c(-c3ccc(OC(F)F)cc3)c2Cl)cc1. The van der Waals surface area contributed by atoms with Crippen LogP contribution in [0.4, 0.5) is 17.6 Å². The molecule has 1 heterocycles. The van der Waals surface area contributed by atoms with Crippen LogP contribution in [0.25, 0.3) is 22.5 Å². The first-order chi connectivity index (χ1) is 16.3. The van der Waals surface area contributed by atoms with Gasteiger partial charge in [-0.15, -0.1) is 0 Å². The zero-order valence-corrected chi connectivity index (χ0v) is 18.8. The second-order valence-electron chi connectivity index (χ2n) is 7.10. The van der Waals surface area contributed by atoms with Crippen LogP contribution in [-0.2, 0) is 6.54 Å². The van der Waals surface area contributed by atoms with Crippen LogP contribution in [0.3, 0.4) is 0 Å². The van der Waals surface area contributed by atoms with Gasteiger partial charge in [-0.1, -0.05) is 35.3 Å². The van der Waals surface area contributed by atoms with Crippen LogP contribution >= 0.6 is 23.2 Å². The average Bonchev–Trinajstić information content (AvgIpc) is 3.10. The van der Waals surface area contributed by atoms with Crippen LogP contribution in [0.15, 0.2) is 72.8 Å². The first kappa shape index (κ1) is 23.9. The highest BCUT2D eigenvalue weighted by Gasteiger charge is 2.20. The number of aromatic nitrogens is 2. The van der Waals surface area contributed by atoms with E-state index in [1.165, 1.54) is 24.3 Å². The van der Waals surface area contributed by atoms with Crippen molar-refractivity contribution in [2.24, 2.45) is 0 Å². The molecule has 34 heavy (non-hydrogen) atoms. The Hall–Kier alpha value is -3.23. The lowest BCUT2D eigenvalue weighted by Gasteiger charge is -2.10. The standard InChI is InChI=1S/C24H16Cl2F4N2O2/c25-17-3-1-2-14(12-17)13-32-22(16-6-10-19(11-7-16)34-24(29)30)20(26)21(31-32)15-4-8-18(9-5-15)33-23(27)28/h1-12,23-24H,13H2. The molecule has 0 bridgehead atoms. The Kier molecular flexibility index (Phi) is 7.29. The maximum absolute atomic E-state index is 12.5. The second-order valence-corrected chi connectivity index (χ2v) is 7.92. The summed E-state index contributed by atoms with van der Waals surface area (Å²) in [5.74, 6) is 0.00805. The number of ether oxygens (including phenoxy) is 2. The van der Waals surface area contributed by atoms with E-state index in [4.69, 9.17) is 23.2 Å². The highest BCUT2D eigenvalue weighted by molar-refractivity contribution is 6.35. The minimum atomic E-state index is -2.94. The van der Waals surface area contributed by atoms with Gasteiger partial charge in [0.05, 0.1) is 17.3 Å². The lowest BCUT2D eigenvalue weighted by atomic mass is 10.1. The fourth-order valence-corrected chi connectivity index (χ4v) is 3.98. The number of halogens is 6. The zero-order valence-electron chi connectivity index (χ0n) is 17.3. The number of alkyl halides is 4. The summed E-state index contributed by atoms with van der Waals surface area (Å²) in [6.45, 7) is -5.56. The molecule has 0 amide bonds. The molecule has 4 aromatic rings. The van der Waals surface area contributed by atoms with Crippen molar-refractivity contribution in [2.45, 2.75) is 19.8 Å². The highest BCUT2D eigenvalue weighted by Crippen LogP contribution is 2.38. The Labute approximate surface area is 202 Å². The summed E-state index contributed by atoms with van der Waals surface area (Å²) >= 11 is 12.8. The van der Waals surface area contributed by atoms with Crippen LogP contribution < -0.4 is 9.47 Å². The molecule has 0 saturated carbocycles. The minimum absolute atomic E-state index is 0.00285. The van der Waals surface area contributed by atoms with E-state index in [1.807, 2.05) is 12.1 Å². The van der Waals surface area contributed by atoms with Gasteiger partial charge in [-0.2, -0.15) is 22.7 Å². The van der Waals surface area contributed by atoms with Crippen molar-refractivity contribution < 1.29 is 27.0 Å². The van der Waals surface area contributed by atoms with Gasteiger partial charge in [0.15, 0.2) is 0 Å². The predicted molar refractivity (Wildman–Crippen MR) is 122 cm³/mol. The lowest BCUT2D eigenvalue weighted by molar-refractivity contribution is -0.0505. The molecule has 0 aliphatic carbocycles. The number of nitrogens with zero attached hydrogens (tertiary/aromatic N) is 2. The molecule has 0 spiro atoms. The predicted octanol–water partition coefficient (Wildman–Crippen LogP) is 7.78. The molecule has 1 aromatic heterocycles. The maximum Gasteiger partial charge on any atom is 0.387 e. The molecule has 0 fully saturated rings. The molecule has 0 N–H and O–H groups in total. The van der Waals surface area contributed by atoms with E-state index >= 15 is 0 Å². The Morgan fingerprint density at radius 3 is 1.85 bits per heavy atom. The Morgan fingerprint density at radius 2 is 1.32 bits per heavy atom. The molecular weight excluding hydrogens is 495 g/mol. The average molecular weight is 511 g/mol. The summed E-state index contributed by atoms with van der Waals surface area (Å²) in [7, 11) is 0. The van der Waals surface area contributed by atoms with Crippen molar-refractivity contribution in [3.63, 3.8) is 0 Å². The van der Waals surface area contributed by atoms with Gasteiger partial charge >= 0.3 is 13.2 Å². The van der Waals surface area contributed by atoms with Crippen molar-refractivity contribution in [2.75, 3.05) is 0 Å². The molecule has 4 nitrogen and oxygen atoms in total.